The van der Waals surface area contributed by atoms with Crippen LogP contribution < -0.4 is 9.47 Å². The second-order valence-corrected chi connectivity index (χ2v) is 9.89. The van der Waals surface area contributed by atoms with Gasteiger partial charge in [-0.25, -0.2) is 0 Å². The van der Waals surface area contributed by atoms with Gasteiger partial charge in [-0.3, -0.25) is 14.5 Å². The molecule has 7 heteroatoms. The van der Waals surface area contributed by atoms with Crippen molar-refractivity contribution in [2.24, 2.45) is 0 Å². The number of ether oxygens (including phenoxy) is 2. The molecule has 0 N–H and O–H groups in total. The number of hydrogen-bond acceptors (Lipinski definition) is 5. The first kappa shape index (κ1) is 24.3. The molecule has 1 aliphatic heterocycles. The standard InChI is InChI=1S/C27H24INO4S/c1-3-32-23-14-20(13-22(28)25(23)33-17-19-10-5-4-6-11-19)15-24-26(30)29(27(31)34-24)16-21-12-8-7-9-18(21)2/h4-15H,3,16-17H2,1-2H3/b24-15-. The number of halogens is 1. The predicted octanol–water partition coefficient (Wildman–Crippen LogP) is 6.81. The second kappa shape index (κ2) is 11.1. The molecular weight excluding hydrogens is 561 g/mol. The smallest absolute Gasteiger partial charge is 0.293 e. The van der Waals surface area contributed by atoms with Crippen molar-refractivity contribution in [1.29, 1.82) is 0 Å². The Labute approximate surface area is 217 Å². The first-order valence-electron chi connectivity index (χ1n) is 10.9. The Balaban J connectivity index is 1.56. The van der Waals surface area contributed by atoms with Gasteiger partial charge in [0.05, 0.1) is 21.6 Å². The van der Waals surface area contributed by atoms with Gasteiger partial charge in [-0.2, -0.15) is 0 Å². The van der Waals surface area contributed by atoms with Crippen molar-refractivity contribution in [3.63, 3.8) is 0 Å². The van der Waals surface area contributed by atoms with E-state index in [-0.39, 0.29) is 17.7 Å². The third-order valence-electron chi connectivity index (χ3n) is 5.32. The van der Waals surface area contributed by atoms with Crippen molar-refractivity contribution in [2.45, 2.75) is 27.0 Å². The van der Waals surface area contributed by atoms with Crippen LogP contribution in [0.25, 0.3) is 6.08 Å². The summed E-state index contributed by atoms with van der Waals surface area (Å²) in [7, 11) is 0. The maximum Gasteiger partial charge on any atom is 0.293 e. The molecule has 0 spiro atoms. The molecule has 174 valence electrons. The summed E-state index contributed by atoms with van der Waals surface area (Å²) in [6.07, 6.45) is 1.74. The van der Waals surface area contributed by atoms with Crippen LogP contribution in [-0.4, -0.2) is 22.7 Å². The van der Waals surface area contributed by atoms with Gasteiger partial charge in [0, 0.05) is 0 Å². The van der Waals surface area contributed by atoms with Gasteiger partial charge in [0.25, 0.3) is 11.1 Å². The molecule has 0 bridgehead atoms. The van der Waals surface area contributed by atoms with Crippen molar-refractivity contribution in [3.8, 4) is 11.5 Å². The topological polar surface area (TPSA) is 55.8 Å². The van der Waals surface area contributed by atoms with Gasteiger partial charge in [0.15, 0.2) is 11.5 Å². The fraction of sp³-hybridized carbons (Fsp3) is 0.185. The Bertz CT molecular complexity index is 1240. The van der Waals surface area contributed by atoms with Crippen molar-refractivity contribution in [2.75, 3.05) is 6.61 Å². The number of nitrogens with zero attached hydrogens (tertiary/aromatic N) is 1. The Hall–Kier alpha value is -2.78. The van der Waals surface area contributed by atoms with Gasteiger partial charge in [-0.15, -0.1) is 0 Å². The Morgan fingerprint density at radius 3 is 2.47 bits per heavy atom. The van der Waals surface area contributed by atoms with Gasteiger partial charge >= 0.3 is 0 Å². The summed E-state index contributed by atoms with van der Waals surface area (Å²) in [5, 5.41) is -0.262. The molecule has 3 aromatic carbocycles. The molecule has 1 heterocycles. The largest absolute Gasteiger partial charge is 0.490 e. The van der Waals surface area contributed by atoms with Crippen LogP contribution in [0, 0.1) is 10.5 Å². The van der Waals surface area contributed by atoms with Gasteiger partial charge in [0.1, 0.15) is 6.61 Å². The first-order chi connectivity index (χ1) is 16.5. The van der Waals surface area contributed by atoms with Crippen LogP contribution >= 0.6 is 34.4 Å². The number of hydrogen-bond donors (Lipinski definition) is 0. The molecule has 4 rings (SSSR count). The van der Waals surface area contributed by atoms with E-state index in [9.17, 15) is 9.59 Å². The number of rotatable bonds is 8. The molecule has 0 saturated carbocycles. The molecular formula is C27H24INO4S. The van der Waals surface area contributed by atoms with Gasteiger partial charge < -0.3 is 9.47 Å². The van der Waals surface area contributed by atoms with Crippen molar-refractivity contribution < 1.29 is 19.1 Å². The third kappa shape index (κ3) is 5.64. The molecule has 0 radical (unpaired) electrons. The molecule has 1 saturated heterocycles. The number of imide groups is 1. The Kier molecular flexibility index (Phi) is 7.95. The summed E-state index contributed by atoms with van der Waals surface area (Å²) >= 11 is 3.17. The molecule has 34 heavy (non-hydrogen) atoms. The maximum atomic E-state index is 13.0. The Morgan fingerprint density at radius 2 is 1.74 bits per heavy atom. The van der Waals surface area contributed by atoms with Crippen LogP contribution in [0.1, 0.15) is 29.2 Å². The van der Waals surface area contributed by atoms with Crippen LogP contribution in [0.2, 0.25) is 0 Å². The first-order valence-corrected chi connectivity index (χ1v) is 12.8. The molecule has 0 aliphatic carbocycles. The highest BCUT2D eigenvalue weighted by Crippen LogP contribution is 2.38. The summed E-state index contributed by atoms with van der Waals surface area (Å²) < 4.78 is 12.8. The SMILES string of the molecule is CCOc1cc(/C=C2\SC(=O)N(Cc3ccccc3C)C2=O)cc(I)c1OCc1ccccc1. The van der Waals surface area contributed by atoms with E-state index in [0.717, 1.165) is 37.6 Å². The minimum Gasteiger partial charge on any atom is -0.490 e. The number of benzene rings is 3. The van der Waals surface area contributed by atoms with Crippen LogP contribution in [-0.2, 0) is 17.9 Å². The molecule has 0 atom stereocenters. The van der Waals surface area contributed by atoms with E-state index in [1.54, 1.807) is 6.08 Å². The maximum absolute atomic E-state index is 13.0. The van der Waals surface area contributed by atoms with Crippen LogP contribution in [0.3, 0.4) is 0 Å². The molecule has 0 aromatic heterocycles. The van der Waals surface area contributed by atoms with Gasteiger partial charge in [-0.1, -0.05) is 54.6 Å². The zero-order chi connectivity index (χ0) is 24.1. The van der Waals surface area contributed by atoms with Gasteiger partial charge in [0.2, 0.25) is 0 Å². The minimum atomic E-state index is -0.282. The minimum absolute atomic E-state index is 0.262. The van der Waals surface area contributed by atoms with Crippen LogP contribution in [0.15, 0.2) is 71.6 Å². The lowest BCUT2D eigenvalue weighted by atomic mass is 10.1. The average Bonchev–Trinajstić information content (AvgIpc) is 3.08. The second-order valence-electron chi connectivity index (χ2n) is 7.73. The summed E-state index contributed by atoms with van der Waals surface area (Å²) in [4.78, 5) is 27.3. The lowest BCUT2D eigenvalue weighted by molar-refractivity contribution is -0.123. The van der Waals surface area contributed by atoms with Gasteiger partial charge in [-0.05, 0) is 88.7 Å². The van der Waals surface area contributed by atoms with Crippen LogP contribution in [0.5, 0.6) is 11.5 Å². The molecule has 1 fully saturated rings. The Morgan fingerprint density at radius 1 is 1.00 bits per heavy atom. The van der Waals surface area contributed by atoms with E-state index >= 15 is 0 Å². The molecule has 3 aromatic rings. The predicted molar refractivity (Wildman–Crippen MR) is 144 cm³/mol. The van der Waals surface area contributed by atoms with E-state index < -0.39 is 0 Å². The molecule has 1 aliphatic rings. The van der Waals surface area contributed by atoms with E-state index in [1.807, 2.05) is 80.6 Å². The summed E-state index contributed by atoms with van der Waals surface area (Å²) in [6.45, 7) is 5.06. The van der Waals surface area contributed by atoms with Crippen molar-refractivity contribution in [1.82, 2.24) is 4.90 Å². The average molecular weight is 585 g/mol. The third-order valence-corrected chi connectivity index (χ3v) is 7.03. The monoisotopic (exact) mass is 585 g/mol. The fourth-order valence-corrected chi connectivity index (χ4v) is 5.17. The molecule has 5 nitrogen and oxygen atoms in total. The number of carbonyl (C=O) groups is 2. The van der Waals surface area contributed by atoms with Crippen LogP contribution in [0.4, 0.5) is 4.79 Å². The van der Waals surface area contributed by atoms with E-state index in [2.05, 4.69) is 22.6 Å². The lowest BCUT2D eigenvalue weighted by Crippen LogP contribution is -2.27. The summed E-state index contributed by atoms with van der Waals surface area (Å²) in [5.74, 6) is 0.988. The molecule has 0 unspecified atom stereocenters. The number of carbonyl (C=O) groups excluding carboxylic acids is 2. The van der Waals surface area contributed by atoms with Crippen molar-refractivity contribution >= 4 is 51.6 Å². The highest BCUT2D eigenvalue weighted by atomic mass is 127. The highest BCUT2D eigenvalue weighted by Gasteiger charge is 2.35. The fourth-order valence-electron chi connectivity index (χ4n) is 3.55. The highest BCUT2D eigenvalue weighted by molar-refractivity contribution is 14.1. The number of thioether (sulfide) groups is 1. The normalized spacial score (nSPS) is 14.7. The lowest BCUT2D eigenvalue weighted by Gasteiger charge is -2.15. The summed E-state index contributed by atoms with van der Waals surface area (Å²) in [5.41, 5.74) is 3.85. The zero-order valence-electron chi connectivity index (χ0n) is 18.9. The molecule has 2 amide bonds. The zero-order valence-corrected chi connectivity index (χ0v) is 21.9. The van der Waals surface area contributed by atoms with Crippen molar-refractivity contribution in [3.05, 3.63) is 97.5 Å². The number of amides is 2. The van der Waals surface area contributed by atoms with E-state index in [0.29, 0.717) is 29.6 Å². The summed E-state index contributed by atoms with van der Waals surface area (Å²) in [6, 6.07) is 21.5. The quantitative estimate of drug-likeness (QED) is 0.215. The van der Waals surface area contributed by atoms with E-state index in [4.69, 9.17) is 9.47 Å². The number of aryl methyl sites for hydroxylation is 1. The van der Waals surface area contributed by atoms with E-state index in [1.165, 1.54) is 4.90 Å².